The standard InChI is InChI=1S/C14H18F3N3O3/c15-14(16,17)23-9-5-8(6-9)10-19-20-11(22-10)13-3-1-12(18,2-4-13)7-21-13/h8-9H,1-7,18H2. The number of hydrogen-bond acceptors (Lipinski definition) is 6. The van der Waals surface area contributed by atoms with Crippen LogP contribution >= 0.6 is 0 Å². The molecule has 0 amide bonds. The Labute approximate surface area is 130 Å². The fourth-order valence-electron chi connectivity index (χ4n) is 3.63. The number of fused-ring (bicyclic) bond motifs is 3. The zero-order chi connectivity index (χ0) is 16.3. The van der Waals surface area contributed by atoms with E-state index in [1.54, 1.807) is 0 Å². The Morgan fingerprint density at radius 3 is 2.39 bits per heavy atom. The largest absolute Gasteiger partial charge is 0.522 e. The lowest BCUT2D eigenvalue weighted by molar-refractivity contribution is -0.352. The molecule has 2 aliphatic carbocycles. The molecule has 4 fully saturated rings. The summed E-state index contributed by atoms with van der Waals surface area (Å²) in [4.78, 5) is 0. The van der Waals surface area contributed by atoms with Crippen molar-refractivity contribution in [3.05, 3.63) is 11.8 Å². The van der Waals surface area contributed by atoms with Crippen LogP contribution in [0.3, 0.4) is 0 Å². The van der Waals surface area contributed by atoms with Gasteiger partial charge in [0.2, 0.25) is 11.8 Å². The normalized spacial score (nSPS) is 40.2. The average molecular weight is 333 g/mol. The first-order valence-corrected chi connectivity index (χ1v) is 7.78. The van der Waals surface area contributed by atoms with E-state index in [0.717, 1.165) is 25.7 Å². The Bertz CT molecular complexity index is 573. The number of aromatic nitrogens is 2. The van der Waals surface area contributed by atoms with E-state index in [4.69, 9.17) is 14.9 Å². The second-order valence-electron chi connectivity index (χ2n) is 6.94. The minimum absolute atomic E-state index is 0.180. The number of alkyl halides is 3. The van der Waals surface area contributed by atoms with Gasteiger partial charge in [-0.05, 0) is 38.5 Å². The van der Waals surface area contributed by atoms with Crippen molar-refractivity contribution in [2.24, 2.45) is 5.73 Å². The Morgan fingerprint density at radius 2 is 1.83 bits per heavy atom. The highest BCUT2D eigenvalue weighted by atomic mass is 19.4. The molecule has 0 spiro atoms. The number of nitrogens with zero attached hydrogens (tertiary/aromatic N) is 2. The van der Waals surface area contributed by atoms with Crippen molar-refractivity contribution in [3.8, 4) is 0 Å². The third-order valence-electron chi connectivity index (χ3n) is 5.26. The Balaban J connectivity index is 1.41. The highest BCUT2D eigenvalue weighted by Crippen LogP contribution is 2.49. The highest BCUT2D eigenvalue weighted by Gasteiger charge is 2.52. The molecule has 128 valence electrons. The molecule has 5 rings (SSSR count). The van der Waals surface area contributed by atoms with E-state index in [1.165, 1.54) is 0 Å². The van der Waals surface area contributed by atoms with Gasteiger partial charge in [0, 0.05) is 11.5 Å². The molecule has 2 N–H and O–H groups in total. The second-order valence-corrected chi connectivity index (χ2v) is 6.94. The van der Waals surface area contributed by atoms with Gasteiger partial charge in [-0.2, -0.15) is 0 Å². The Kier molecular flexibility index (Phi) is 3.27. The van der Waals surface area contributed by atoms with Crippen LogP contribution in [-0.4, -0.2) is 34.8 Å². The van der Waals surface area contributed by atoms with Crippen LogP contribution < -0.4 is 5.73 Å². The topological polar surface area (TPSA) is 83.4 Å². The van der Waals surface area contributed by atoms with Crippen LogP contribution in [0.5, 0.6) is 0 Å². The first kappa shape index (κ1) is 15.3. The molecular formula is C14H18F3N3O3. The van der Waals surface area contributed by atoms with Gasteiger partial charge >= 0.3 is 6.36 Å². The van der Waals surface area contributed by atoms with Gasteiger partial charge in [-0.25, -0.2) is 0 Å². The van der Waals surface area contributed by atoms with Crippen molar-refractivity contribution in [1.82, 2.24) is 10.2 Å². The van der Waals surface area contributed by atoms with Crippen LogP contribution in [0.25, 0.3) is 0 Å². The minimum Gasteiger partial charge on any atom is -0.422 e. The van der Waals surface area contributed by atoms with E-state index in [1.807, 2.05) is 0 Å². The molecular weight excluding hydrogens is 315 g/mol. The monoisotopic (exact) mass is 333 g/mol. The van der Waals surface area contributed by atoms with Gasteiger partial charge in [-0.15, -0.1) is 23.4 Å². The lowest BCUT2D eigenvalue weighted by atomic mass is 9.71. The smallest absolute Gasteiger partial charge is 0.422 e. The first-order valence-electron chi connectivity index (χ1n) is 7.78. The first-order chi connectivity index (χ1) is 10.8. The lowest BCUT2D eigenvalue weighted by Gasteiger charge is -2.49. The van der Waals surface area contributed by atoms with Crippen molar-refractivity contribution in [3.63, 3.8) is 0 Å². The van der Waals surface area contributed by atoms with E-state index in [2.05, 4.69) is 14.9 Å². The molecule has 1 aromatic heterocycles. The van der Waals surface area contributed by atoms with Gasteiger partial charge in [0.25, 0.3) is 0 Å². The second kappa shape index (κ2) is 4.90. The molecule has 6 nitrogen and oxygen atoms in total. The Morgan fingerprint density at radius 1 is 1.13 bits per heavy atom. The van der Waals surface area contributed by atoms with Gasteiger partial charge in [0.1, 0.15) is 5.60 Å². The van der Waals surface area contributed by atoms with Crippen LogP contribution in [-0.2, 0) is 15.1 Å². The number of rotatable bonds is 3. The van der Waals surface area contributed by atoms with E-state index in [0.29, 0.717) is 18.4 Å². The van der Waals surface area contributed by atoms with Crippen molar-refractivity contribution >= 4 is 0 Å². The molecule has 2 saturated heterocycles. The SMILES string of the molecule is NC12CCC(c3nnc(C4CC(OC(F)(F)F)C4)o3)(CC1)OC2. The summed E-state index contributed by atoms with van der Waals surface area (Å²) in [7, 11) is 0. The van der Waals surface area contributed by atoms with E-state index in [9.17, 15) is 13.2 Å². The third-order valence-corrected chi connectivity index (χ3v) is 5.26. The predicted octanol–water partition coefficient (Wildman–Crippen LogP) is 2.35. The van der Waals surface area contributed by atoms with Gasteiger partial charge in [0.15, 0.2) is 0 Å². The molecule has 0 radical (unpaired) electrons. The number of halogens is 3. The van der Waals surface area contributed by atoms with Gasteiger partial charge in [-0.1, -0.05) is 0 Å². The number of nitrogens with two attached hydrogens (primary N) is 1. The number of ether oxygens (including phenoxy) is 2. The maximum atomic E-state index is 12.1. The summed E-state index contributed by atoms with van der Waals surface area (Å²) in [5.74, 6) is 0.616. The lowest BCUT2D eigenvalue weighted by Crippen LogP contribution is -2.58. The number of hydrogen-bond donors (Lipinski definition) is 1. The quantitative estimate of drug-likeness (QED) is 0.914. The zero-order valence-corrected chi connectivity index (χ0v) is 12.4. The fraction of sp³-hybridized carbons (Fsp3) is 0.857. The fourth-order valence-corrected chi connectivity index (χ4v) is 3.63. The summed E-state index contributed by atoms with van der Waals surface area (Å²) in [6.07, 6.45) is -1.80. The molecule has 23 heavy (non-hydrogen) atoms. The van der Waals surface area contributed by atoms with Crippen LogP contribution in [0.4, 0.5) is 13.2 Å². The van der Waals surface area contributed by atoms with E-state index < -0.39 is 18.1 Å². The van der Waals surface area contributed by atoms with Crippen LogP contribution in [0.1, 0.15) is 56.2 Å². The molecule has 0 atom stereocenters. The van der Waals surface area contributed by atoms with Crippen molar-refractivity contribution < 1.29 is 27.1 Å². The van der Waals surface area contributed by atoms with Gasteiger partial charge < -0.3 is 14.9 Å². The molecule has 4 aliphatic rings. The maximum absolute atomic E-state index is 12.1. The molecule has 2 saturated carbocycles. The van der Waals surface area contributed by atoms with Gasteiger partial charge in [-0.3, -0.25) is 4.74 Å². The summed E-state index contributed by atoms with van der Waals surface area (Å²) in [6.45, 7) is 0.468. The summed E-state index contributed by atoms with van der Waals surface area (Å²) in [5, 5.41) is 8.09. The average Bonchev–Trinajstić information content (AvgIpc) is 2.93. The summed E-state index contributed by atoms with van der Waals surface area (Å²) in [5.41, 5.74) is 5.36. The molecule has 0 unspecified atom stereocenters. The zero-order valence-electron chi connectivity index (χ0n) is 12.4. The molecule has 3 heterocycles. The highest BCUT2D eigenvalue weighted by molar-refractivity contribution is 5.11. The van der Waals surface area contributed by atoms with Gasteiger partial charge in [0.05, 0.1) is 12.7 Å². The summed E-state index contributed by atoms with van der Waals surface area (Å²) < 4.78 is 52.0. The van der Waals surface area contributed by atoms with Crippen molar-refractivity contribution in [2.75, 3.05) is 6.61 Å². The minimum atomic E-state index is -4.60. The molecule has 2 bridgehead atoms. The summed E-state index contributed by atoms with van der Waals surface area (Å²) in [6, 6.07) is 0. The van der Waals surface area contributed by atoms with E-state index >= 15 is 0 Å². The Hall–Kier alpha value is -1.19. The van der Waals surface area contributed by atoms with Crippen LogP contribution in [0.2, 0.25) is 0 Å². The van der Waals surface area contributed by atoms with E-state index in [-0.39, 0.29) is 24.3 Å². The van der Waals surface area contributed by atoms with Crippen LogP contribution in [0.15, 0.2) is 4.42 Å². The van der Waals surface area contributed by atoms with Crippen LogP contribution in [0, 0.1) is 0 Å². The predicted molar refractivity (Wildman–Crippen MR) is 70.2 cm³/mol. The molecule has 0 aromatic carbocycles. The van der Waals surface area contributed by atoms with Crippen molar-refractivity contribution in [1.29, 1.82) is 0 Å². The molecule has 9 heteroatoms. The molecule has 1 aromatic rings. The maximum Gasteiger partial charge on any atom is 0.522 e. The van der Waals surface area contributed by atoms with Crippen molar-refractivity contribution in [2.45, 2.75) is 68.0 Å². The third kappa shape index (κ3) is 2.74. The summed E-state index contributed by atoms with van der Waals surface area (Å²) >= 11 is 0. The molecule has 2 aliphatic heterocycles.